The van der Waals surface area contributed by atoms with Crippen LogP contribution in [-0.4, -0.2) is 15.9 Å². The van der Waals surface area contributed by atoms with Crippen LogP contribution in [0.1, 0.15) is 16.1 Å². The van der Waals surface area contributed by atoms with Gasteiger partial charge >= 0.3 is 0 Å². The van der Waals surface area contributed by atoms with E-state index in [0.29, 0.717) is 5.69 Å². The van der Waals surface area contributed by atoms with Crippen LogP contribution in [0.25, 0.3) is 0 Å². The van der Waals surface area contributed by atoms with Crippen molar-refractivity contribution in [2.45, 2.75) is 6.92 Å². The van der Waals surface area contributed by atoms with Gasteiger partial charge in [0.15, 0.2) is 11.6 Å². The highest BCUT2D eigenvalue weighted by molar-refractivity contribution is 6.03. The summed E-state index contributed by atoms with van der Waals surface area (Å²) in [5.41, 5.74) is 2.14. The fourth-order valence-electron chi connectivity index (χ4n) is 2.08. The molecule has 0 fully saturated rings. The first-order chi connectivity index (χ1) is 12.0. The molecular weight excluding hydrogens is 326 g/mol. The number of aryl methyl sites for hydroxylation is 1. The maximum atomic E-state index is 13.2. The lowest BCUT2D eigenvalue weighted by molar-refractivity contribution is 0.102. The summed E-state index contributed by atoms with van der Waals surface area (Å²) in [6.45, 7) is 1.95. The quantitative estimate of drug-likeness (QED) is 0.752. The van der Waals surface area contributed by atoms with Gasteiger partial charge in [0, 0.05) is 23.6 Å². The molecular formula is C18H14F2N4O. The minimum absolute atomic E-state index is 0.0996. The second-order valence-corrected chi connectivity index (χ2v) is 5.34. The van der Waals surface area contributed by atoms with E-state index in [1.165, 1.54) is 18.3 Å². The Balaban J connectivity index is 1.75. The maximum Gasteiger partial charge on any atom is 0.274 e. The number of anilines is 3. The normalized spacial score (nSPS) is 10.4. The number of benzene rings is 2. The fourth-order valence-corrected chi connectivity index (χ4v) is 2.08. The van der Waals surface area contributed by atoms with E-state index in [-0.39, 0.29) is 17.3 Å². The average Bonchev–Trinajstić information content (AvgIpc) is 2.60. The largest absolute Gasteiger partial charge is 0.324 e. The summed E-state index contributed by atoms with van der Waals surface area (Å²) in [5.74, 6) is -2.24. The van der Waals surface area contributed by atoms with E-state index in [9.17, 15) is 13.6 Å². The van der Waals surface area contributed by atoms with Crippen LogP contribution in [0.5, 0.6) is 0 Å². The standard InChI is InChI=1S/C18H14F2N4O/c1-11-2-4-12(5-3-11)22-17(25)16-8-9-21-18(24-16)23-13-6-7-14(19)15(20)10-13/h2-10H,1H3,(H,22,25)(H,21,23,24). The molecule has 0 unspecified atom stereocenters. The number of hydrogen-bond donors (Lipinski definition) is 2. The van der Waals surface area contributed by atoms with E-state index in [1.54, 1.807) is 12.1 Å². The molecule has 0 aliphatic rings. The predicted octanol–water partition coefficient (Wildman–Crippen LogP) is 4.06. The van der Waals surface area contributed by atoms with Gasteiger partial charge in [-0.15, -0.1) is 0 Å². The molecule has 5 nitrogen and oxygen atoms in total. The van der Waals surface area contributed by atoms with Crippen LogP contribution in [0, 0.1) is 18.6 Å². The molecule has 0 aliphatic carbocycles. The van der Waals surface area contributed by atoms with E-state index in [1.807, 2.05) is 19.1 Å². The summed E-state index contributed by atoms with van der Waals surface area (Å²) in [4.78, 5) is 20.3. The van der Waals surface area contributed by atoms with E-state index in [4.69, 9.17) is 0 Å². The Bertz CT molecular complexity index is 913. The van der Waals surface area contributed by atoms with Gasteiger partial charge in [-0.25, -0.2) is 18.7 Å². The third-order valence-corrected chi connectivity index (χ3v) is 3.37. The van der Waals surface area contributed by atoms with Crippen molar-refractivity contribution in [2.75, 3.05) is 10.6 Å². The second kappa shape index (κ2) is 7.04. The summed E-state index contributed by atoms with van der Waals surface area (Å²) < 4.78 is 26.2. The van der Waals surface area contributed by atoms with Crippen LogP contribution in [0.2, 0.25) is 0 Å². The first-order valence-electron chi connectivity index (χ1n) is 7.44. The van der Waals surface area contributed by atoms with E-state index in [2.05, 4.69) is 20.6 Å². The zero-order valence-electron chi connectivity index (χ0n) is 13.3. The van der Waals surface area contributed by atoms with Crippen LogP contribution in [0.3, 0.4) is 0 Å². The summed E-state index contributed by atoms with van der Waals surface area (Å²) in [5, 5.41) is 5.46. The molecule has 7 heteroatoms. The molecule has 126 valence electrons. The van der Waals surface area contributed by atoms with Gasteiger partial charge < -0.3 is 10.6 Å². The number of carbonyl (C=O) groups excluding carboxylic acids is 1. The van der Waals surface area contributed by atoms with Gasteiger partial charge in [0.2, 0.25) is 5.95 Å². The predicted molar refractivity (Wildman–Crippen MR) is 90.8 cm³/mol. The first kappa shape index (κ1) is 16.5. The molecule has 1 amide bonds. The Labute approximate surface area is 142 Å². The topological polar surface area (TPSA) is 66.9 Å². The molecule has 25 heavy (non-hydrogen) atoms. The molecule has 2 aromatic carbocycles. The van der Waals surface area contributed by atoms with Crippen molar-refractivity contribution in [2.24, 2.45) is 0 Å². The number of carbonyl (C=O) groups is 1. The molecule has 0 aliphatic heterocycles. The Kier molecular flexibility index (Phi) is 4.65. The molecule has 1 aromatic heterocycles. The van der Waals surface area contributed by atoms with Crippen LogP contribution >= 0.6 is 0 Å². The lowest BCUT2D eigenvalue weighted by Crippen LogP contribution is -2.14. The maximum absolute atomic E-state index is 13.2. The summed E-state index contributed by atoms with van der Waals surface area (Å²) >= 11 is 0. The molecule has 0 saturated carbocycles. The number of amides is 1. The van der Waals surface area contributed by atoms with Crippen molar-refractivity contribution in [1.29, 1.82) is 0 Å². The SMILES string of the molecule is Cc1ccc(NC(=O)c2ccnc(Nc3ccc(F)c(F)c3)n2)cc1. The van der Waals surface area contributed by atoms with Crippen molar-refractivity contribution in [1.82, 2.24) is 9.97 Å². The van der Waals surface area contributed by atoms with Crippen molar-refractivity contribution >= 4 is 23.2 Å². The second-order valence-electron chi connectivity index (χ2n) is 5.34. The number of aromatic nitrogens is 2. The fraction of sp³-hybridized carbons (Fsp3) is 0.0556. The summed E-state index contributed by atoms with van der Waals surface area (Å²) in [7, 11) is 0. The Morgan fingerprint density at radius 1 is 0.960 bits per heavy atom. The van der Waals surface area contributed by atoms with Gasteiger partial charge in [-0.1, -0.05) is 17.7 Å². The highest BCUT2D eigenvalue weighted by Gasteiger charge is 2.10. The molecule has 3 aromatic rings. The summed E-state index contributed by atoms with van der Waals surface area (Å²) in [6.07, 6.45) is 1.40. The Morgan fingerprint density at radius 2 is 1.68 bits per heavy atom. The smallest absolute Gasteiger partial charge is 0.274 e. The number of hydrogen-bond acceptors (Lipinski definition) is 4. The van der Waals surface area contributed by atoms with Crippen molar-refractivity contribution in [3.05, 3.63) is 77.6 Å². The number of nitrogens with one attached hydrogen (secondary N) is 2. The van der Waals surface area contributed by atoms with Gasteiger partial charge in [0.1, 0.15) is 5.69 Å². The number of halogens is 2. The third kappa shape index (κ3) is 4.14. The molecule has 3 rings (SSSR count). The summed E-state index contributed by atoms with van der Waals surface area (Å²) in [6, 6.07) is 12.1. The van der Waals surface area contributed by atoms with Crippen LogP contribution in [-0.2, 0) is 0 Å². The molecule has 1 heterocycles. The van der Waals surface area contributed by atoms with Crippen LogP contribution < -0.4 is 10.6 Å². The first-order valence-corrected chi connectivity index (χ1v) is 7.44. The molecule has 2 N–H and O–H groups in total. The molecule has 0 atom stereocenters. The highest BCUT2D eigenvalue weighted by Crippen LogP contribution is 2.17. The van der Waals surface area contributed by atoms with E-state index < -0.39 is 17.5 Å². The molecule has 0 saturated heterocycles. The minimum Gasteiger partial charge on any atom is -0.324 e. The lowest BCUT2D eigenvalue weighted by Gasteiger charge is -2.08. The Hall–Kier alpha value is -3.35. The highest BCUT2D eigenvalue weighted by atomic mass is 19.2. The van der Waals surface area contributed by atoms with Gasteiger partial charge in [-0.05, 0) is 37.3 Å². The molecule has 0 spiro atoms. The lowest BCUT2D eigenvalue weighted by atomic mass is 10.2. The van der Waals surface area contributed by atoms with Crippen LogP contribution in [0.4, 0.5) is 26.1 Å². The number of rotatable bonds is 4. The van der Waals surface area contributed by atoms with Crippen molar-refractivity contribution in [3.8, 4) is 0 Å². The zero-order valence-corrected chi connectivity index (χ0v) is 13.3. The average molecular weight is 340 g/mol. The van der Waals surface area contributed by atoms with Crippen molar-refractivity contribution in [3.63, 3.8) is 0 Å². The van der Waals surface area contributed by atoms with Crippen LogP contribution in [0.15, 0.2) is 54.7 Å². The van der Waals surface area contributed by atoms with Crippen molar-refractivity contribution < 1.29 is 13.6 Å². The number of nitrogens with zero attached hydrogens (tertiary/aromatic N) is 2. The van der Waals surface area contributed by atoms with E-state index in [0.717, 1.165) is 17.7 Å². The minimum atomic E-state index is -0.988. The molecule has 0 bridgehead atoms. The zero-order chi connectivity index (χ0) is 17.8. The van der Waals surface area contributed by atoms with Gasteiger partial charge in [0.25, 0.3) is 5.91 Å². The van der Waals surface area contributed by atoms with Gasteiger partial charge in [0.05, 0.1) is 0 Å². The van der Waals surface area contributed by atoms with E-state index >= 15 is 0 Å². The third-order valence-electron chi connectivity index (χ3n) is 3.37. The van der Waals surface area contributed by atoms with Gasteiger partial charge in [-0.3, -0.25) is 4.79 Å². The Morgan fingerprint density at radius 3 is 2.40 bits per heavy atom. The monoisotopic (exact) mass is 340 g/mol. The molecule has 0 radical (unpaired) electrons. The van der Waals surface area contributed by atoms with Gasteiger partial charge in [-0.2, -0.15) is 0 Å².